The Kier molecular flexibility index (Phi) is 3.46. The highest BCUT2D eigenvalue weighted by molar-refractivity contribution is 5.30. The molecular formula is C12H19N5. The maximum absolute atomic E-state index is 5.62. The first kappa shape index (κ1) is 11.7. The van der Waals surface area contributed by atoms with Crippen molar-refractivity contribution in [3.63, 3.8) is 0 Å². The summed E-state index contributed by atoms with van der Waals surface area (Å²) in [7, 11) is 0. The van der Waals surface area contributed by atoms with Crippen molar-refractivity contribution in [1.82, 2.24) is 19.6 Å². The second kappa shape index (κ2) is 5.03. The number of rotatable bonds is 5. The molecule has 92 valence electrons. The van der Waals surface area contributed by atoms with E-state index in [0.29, 0.717) is 18.3 Å². The van der Waals surface area contributed by atoms with E-state index in [-0.39, 0.29) is 0 Å². The van der Waals surface area contributed by atoms with E-state index in [1.165, 1.54) is 0 Å². The number of nitrogens with zero attached hydrogens (tertiary/aromatic N) is 4. The minimum atomic E-state index is 0.492. The quantitative estimate of drug-likeness (QED) is 0.860. The van der Waals surface area contributed by atoms with Crippen molar-refractivity contribution < 1.29 is 0 Å². The fourth-order valence-corrected chi connectivity index (χ4v) is 1.96. The highest BCUT2D eigenvalue weighted by Gasteiger charge is 2.08. The molecule has 0 amide bonds. The lowest BCUT2D eigenvalue weighted by Gasteiger charge is -2.12. The monoisotopic (exact) mass is 233 g/mol. The lowest BCUT2D eigenvalue weighted by Crippen LogP contribution is -2.09. The smallest absolute Gasteiger partial charge is 0.0850 e. The Hall–Kier alpha value is -1.78. The second-order valence-corrected chi connectivity index (χ2v) is 4.23. The molecule has 0 aliphatic rings. The van der Waals surface area contributed by atoms with Crippen LogP contribution in [-0.2, 0) is 6.54 Å². The molecule has 2 N–H and O–H groups in total. The molecule has 17 heavy (non-hydrogen) atoms. The van der Waals surface area contributed by atoms with Gasteiger partial charge in [-0.25, -0.2) is 0 Å². The van der Waals surface area contributed by atoms with Gasteiger partial charge in [-0.2, -0.15) is 10.2 Å². The van der Waals surface area contributed by atoms with E-state index in [1.54, 1.807) is 10.9 Å². The number of hydrogen-bond donors (Lipinski definition) is 1. The van der Waals surface area contributed by atoms with Crippen LogP contribution in [0.3, 0.4) is 0 Å². The van der Waals surface area contributed by atoms with E-state index in [2.05, 4.69) is 24.0 Å². The minimum absolute atomic E-state index is 0.492. The summed E-state index contributed by atoms with van der Waals surface area (Å²) >= 11 is 0. The predicted molar refractivity (Wildman–Crippen MR) is 67.6 cm³/mol. The van der Waals surface area contributed by atoms with Gasteiger partial charge in [-0.1, -0.05) is 13.8 Å². The van der Waals surface area contributed by atoms with Crippen LogP contribution in [0.2, 0.25) is 0 Å². The van der Waals surface area contributed by atoms with Crippen LogP contribution in [0.5, 0.6) is 0 Å². The maximum Gasteiger partial charge on any atom is 0.0850 e. The van der Waals surface area contributed by atoms with Crippen molar-refractivity contribution in [3.8, 4) is 0 Å². The molecule has 0 aliphatic carbocycles. The van der Waals surface area contributed by atoms with Gasteiger partial charge < -0.3 is 5.73 Å². The zero-order chi connectivity index (χ0) is 12.3. The van der Waals surface area contributed by atoms with Crippen molar-refractivity contribution in [1.29, 1.82) is 0 Å². The number of nitrogen functional groups attached to an aromatic ring is 1. The van der Waals surface area contributed by atoms with E-state index >= 15 is 0 Å². The Bertz CT molecular complexity index is 467. The average molecular weight is 233 g/mol. The van der Waals surface area contributed by atoms with Crippen LogP contribution in [0, 0.1) is 0 Å². The third-order valence-electron chi connectivity index (χ3n) is 2.96. The fourth-order valence-electron chi connectivity index (χ4n) is 1.96. The molecule has 0 spiro atoms. The van der Waals surface area contributed by atoms with Crippen molar-refractivity contribution >= 4 is 5.69 Å². The third-order valence-corrected chi connectivity index (χ3v) is 2.96. The van der Waals surface area contributed by atoms with Gasteiger partial charge in [0.05, 0.1) is 30.2 Å². The van der Waals surface area contributed by atoms with Gasteiger partial charge in [0.25, 0.3) is 0 Å². The van der Waals surface area contributed by atoms with Gasteiger partial charge in [-0.05, 0) is 18.9 Å². The standard InChI is InChI=1S/C12H19N5/c1-3-12(4-2)17-6-5-11(15-17)9-16-8-10(13)7-14-16/h5-8,12H,3-4,9,13H2,1-2H3. The Morgan fingerprint density at radius 2 is 2.12 bits per heavy atom. The van der Waals surface area contributed by atoms with Crippen molar-refractivity contribution in [2.45, 2.75) is 39.3 Å². The van der Waals surface area contributed by atoms with Gasteiger partial charge in [0, 0.05) is 12.4 Å². The first-order valence-corrected chi connectivity index (χ1v) is 6.04. The van der Waals surface area contributed by atoms with Gasteiger partial charge in [0.1, 0.15) is 0 Å². The van der Waals surface area contributed by atoms with Crippen molar-refractivity contribution in [2.24, 2.45) is 0 Å². The largest absolute Gasteiger partial charge is 0.396 e. The number of aromatic nitrogens is 4. The van der Waals surface area contributed by atoms with E-state index in [1.807, 2.05) is 23.1 Å². The predicted octanol–water partition coefficient (Wildman–Crippen LogP) is 2.07. The molecule has 0 bridgehead atoms. The number of nitrogens with two attached hydrogens (primary N) is 1. The zero-order valence-electron chi connectivity index (χ0n) is 10.4. The summed E-state index contributed by atoms with van der Waals surface area (Å²) in [6.07, 6.45) is 7.71. The van der Waals surface area contributed by atoms with Gasteiger partial charge in [-0.15, -0.1) is 0 Å². The zero-order valence-corrected chi connectivity index (χ0v) is 10.4. The van der Waals surface area contributed by atoms with E-state index < -0.39 is 0 Å². The van der Waals surface area contributed by atoms with Crippen molar-refractivity contribution in [3.05, 3.63) is 30.4 Å². The van der Waals surface area contributed by atoms with Gasteiger partial charge in [-0.3, -0.25) is 9.36 Å². The summed E-state index contributed by atoms with van der Waals surface area (Å²) in [6.45, 7) is 5.04. The molecule has 5 nitrogen and oxygen atoms in total. The summed E-state index contributed by atoms with van der Waals surface area (Å²) in [5.41, 5.74) is 7.32. The highest BCUT2D eigenvalue weighted by atomic mass is 15.3. The molecular weight excluding hydrogens is 214 g/mol. The summed E-state index contributed by atoms with van der Waals surface area (Å²) < 4.78 is 3.84. The molecule has 0 unspecified atom stereocenters. The Morgan fingerprint density at radius 3 is 2.71 bits per heavy atom. The highest BCUT2D eigenvalue weighted by Crippen LogP contribution is 2.14. The molecule has 2 heterocycles. The minimum Gasteiger partial charge on any atom is -0.396 e. The average Bonchev–Trinajstić information content (AvgIpc) is 2.91. The summed E-state index contributed by atoms with van der Waals surface area (Å²) in [4.78, 5) is 0. The second-order valence-electron chi connectivity index (χ2n) is 4.23. The van der Waals surface area contributed by atoms with Crippen LogP contribution < -0.4 is 5.73 Å². The number of anilines is 1. The van der Waals surface area contributed by atoms with Crippen LogP contribution in [-0.4, -0.2) is 19.6 Å². The Balaban J connectivity index is 2.08. The topological polar surface area (TPSA) is 61.7 Å². The van der Waals surface area contributed by atoms with Gasteiger partial charge in [0.15, 0.2) is 0 Å². The molecule has 0 aromatic carbocycles. The third kappa shape index (κ3) is 2.67. The molecule has 0 aliphatic heterocycles. The fraction of sp³-hybridized carbons (Fsp3) is 0.500. The molecule has 0 atom stereocenters. The summed E-state index contributed by atoms with van der Waals surface area (Å²) in [5.74, 6) is 0. The molecule has 2 aromatic rings. The van der Waals surface area contributed by atoms with E-state index in [9.17, 15) is 0 Å². The van der Waals surface area contributed by atoms with E-state index in [4.69, 9.17) is 5.73 Å². The van der Waals surface area contributed by atoms with Crippen LogP contribution in [0.15, 0.2) is 24.7 Å². The molecule has 5 heteroatoms. The van der Waals surface area contributed by atoms with Crippen molar-refractivity contribution in [2.75, 3.05) is 5.73 Å². The maximum atomic E-state index is 5.62. The number of hydrogen-bond acceptors (Lipinski definition) is 3. The first-order chi connectivity index (χ1) is 8.22. The molecule has 0 radical (unpaired) electrons. The lowest BCUT2D eigenvalue weighted by molar-refractivity contribution is 0.424. The van der Waals surface area contributed by atoms with Crippen LogP contribution in [0.1, 0.15) is 38.4 Å². The molecule has 2 rings (SSSR count). The molecule has 0 saturated carbocycles. The van der Waals surface area contributed by atoms with E-state index in [0.717, 1.165) is 18.5 Å². The normalized spacial score (nSPS) is 11.2. The van der Waals surface area contributed by atoms with Crippen LogP contribution >= 0.6 is 0 Å². The molecule has 0 fully saturated rings. The lowest BCUT2D eigenvalue weighted by atomic mass is 10.2. The van der Waals surface area contributed by atoms with Gasteiger partial charge >= 0.3 is 0 Å². The van der Waals surface area contributed by atoms with Crippen LogP contribution in [0.25, 0.3) is 0 Å². The molecule has 0 saturated heterocycles. The van der Waals surface area contributed by atoms with Gasteiger partial charge in [0.2, 0.25) is 0 Å². The Labute approximate surface area is 101 Å². The SMILES string of the molecule is CCC(CC)n1ccc(Cn2cc(N)cn2)n1. The summed E-state index contributed by atoms with van der Waals surface area (Å²) in [6, 6.07) is 2.53. The molecule has 2 aromatic heterocycles. The summed E-state index contributed by atoms with van der Waals surface area (Å²) in [5, 5.41) is 8.72. The van der Waals surface area contributed by atoms with Crippen LogP contribution in [0.4, 0.5) is 5.69 Å². The first-order valence-electron chi connectivity index (χ1n) is 6.04. The Morgan fingerprint density at radius 1 is 1.35 bits per heavy atom.